The molecule has 0 aliphatic carbocycles. The van der Waals surface area contributed by atoms with Gasteiger partial charge in [-0.2, -0.15) is 0 Å². The number of aryl methyl sites for hydroxylation is 1. The van der Waals surface area contributed by atoms with Crippen LogP contribution in [-0.2, 0) is 0 Å². The number of fused-ring (bicyclic) bond motifs is 1. The SMILES string of the molecule is CCN1CCCCC1.Cc1nc(N)nnc1-c1ccc2c(F)c[nH]c2c1. The second kappa shape index (κ2) is 8.23. The standard InChI is InChI=1S/C12H10FN5.C7H15N/c1-6-11(17-18-12(14)16-6)7-2-3-8-9(13)5-15-10(8)4-7;1-2-8-6-4-3-5-7-8/h2-5,15H,1H3,(H2,14,16,18);2-7H2,1H3. The Balaban J connectivity index is 0.000000206. The maximum absolute atomic E-state index is 13.3. The second-order valence-electron chi connectivity index (χ2n) is 6.50. The highest BCUT2D eigenvalue weighted by atomic mass is 19.1. The van der Waals surface area contributed by atoms with Crippen molar-refractivity contribution in [2.75, 3.05) is 25.4 Å². The Morgan fingerprint density at radius 3 is 2.62 bits per heavy atom. The number of rotatable bonds is 2. The van der Waals surface area contributed by atoms with Crippen LogP contribution in [0.3, 0.4) is 0 Å². The van der Waals surface area contributed by atoms with Gasteiger partial charge in [0.05, 0.1) is 5.69 Å². The quantitative estimate of drug-likeness (QED) is 0.734. The maximum atomic E-state index is 13.3. The Labute approximate surface area is 152 Å². The molecule has 3 heterocycles. The molecule has 7 heteroatoms. The van der Waals surface area contributed by atoms with Gasteiger partial charge in [0.15, 0.2) is 0 Å². The third kappa shape index (κ3) is 4.16. The van der Waals surface area contributed by atoms with Crippen LogP contribution in [-0.4, -0.2) is 44.7 Å². The number of hydrogen-bond acceptors (Lipinski definition) is 5. The summed E-state index contributed by atoms with van der Waals surface area (Å²) in [6, 6.07) is 5.30. The molecule has 1 saturated heterocycles. The van der Waals surface area contributed by atoms with Gasteiger partial charge in [0.1, 0.15) is 11.5 Å². The first-order chi connectivity index (χ1) is 12.6. The number of anilines is 1. The van der Waals surface area contributed by atoms with Crippen molar-refractivity contribution in [3.63, 3.8) is 0 Å². The highest BCUT2D eigenvalue weighted by Crippen LogP contribution is 2.25. The summed E-state index contributed by atoms with van der Waals surface area (Å²) in [6.45, 7) is 7.98. The highest BCUT2D eigenvalue weighted by molar-refractivity contribution is 5.85. The first-order valence-corrected chi connectivity index (χ1v) is 9.04. The zero-order valence-electron chi connectivity index (χ0n) is 15.3. The van der Waals surface area contributed by atoms with Gasteiger partial charge in [-0.05, 0) is 51.5 Å². The minimum Gasteiger partial charge on any atom is -0.366 e. The second-order valence-corrected chi connectivity index (χ2v) is 6.50. The third-order valence-electron chi connectivity index (χ3n) is 4.68. The van der Waals surface area contributed by atoms with Gasteiger partial charge >= 0.3 is 0 Å². The van der Waals surface area contributed by atoms with Crippen LogP contribution in [0.4, 0.5) is 10.3 Å². The van der Waals surface area contributed by atoms with Crippen LogP contribution in [0.15, 0.2) is 24.4 Å². The zero-order chi connectivity index (χ0) is 18.5. The topological polar surface area (TPSA) is 83.7 Å². The Hall–Kier alpha value is -2.54. The molecular formula is C19H25FN6. The Kier molecular flexibility index (Phi) is 5.78. The summed E-state index contributed by atoms with van der Waals surface area (Å²) in [5, 5.41) is 8.30. The first-order valence-electron chi connectivity index (χ1n) is 9.04. The lowest BCUT2D eigenvalue weighted by Gasteiger charge is -2.24. The molecule has 4 rings (SSSR count). The van der Waals surface area contributed by atoms with Gasteiger partial charge in [0.25, 0.3) is 0 Å². The molecule has 0 amide bonds. The van der Waals surface area contributed by atoms with Crippen molar-refractivity contribution < 1.29 is 4.39 Å². The van der Waals surface area contributed by atoms with Crippen molar-refractivity contribution in [2.45, 2.75) is 33.1 Å². The number of nitrogens with one attached hydrogen (secondary N) is 1. The predicted molar refractivity (Wildman–Crippen MR) is 102 cm³/mol. The lowest BCUT2D eigenvalue weighted by Crippen LogP contribution is -2.29. The maximum Gasteiger partial charge on any atom is 0.240 e. The van der Waals surface area contributed by atoms with Crippen LogP contribution in [0.1, 0.15) is 31.9 Å². The van der Waals surface area contributed by atoms with Crippen molar-refractivity contribution in [3.05, 3.63) is 35.9 Å². The van der Waals surface area contributed by atoms with E-state index in [0.717, 1.165) is 5.56 Å². The number of aromatic amines is 1. The number of H-pyrrole nitrogens is 1. The molecular weight excluding hydrogens is 331 g/mol. The van der Waals surface area contributed by atoms with E-state index >= 15 is 0 Å². The zero-order valence-corrected chi connectivity index (χ0v) is 15.3. The van der Waals surface area contributed by atoms with Crippen molar-refractivity contribution >= 4 is 16.9 Å². The number of halogens is 1. The fourth-order valence-electron chi connectivity index (χ4n) is 3.20. The molecule has 0 spiro atoms. The molecule has 0 unspecified atom stereocenters. The molecule has 138 valence electrons. The largest absolute Gasteiger partial charge is 0.366 e. The van der Waals surface area contributed by atoms with Gasteiger partial charge < -0.3 is 15.6 Å². The molecule has 1 fully saturated rings. The van der Waals surface area contributed by atoms with E-state index < -0.39 is 0 Å². The summed E-state index contributed by atoms with van der Waals surface area (Å²) in [4.78, 5) is 9.43. The number of hydrogen-bond donors (Lipinski definition) is 2. The van der Waals surface area contributed by atoms with Gasteiger partial charge in [-0.15, -0.1) is 10.2 Å². The molecule has 1 aliphatic rings. The van der Waals surface area contributed by atoms with E-state index in [1.54, 1.807) is 19.1 Å². The summed E-state index contributed by atoms with van der Waals surface area (Å²) >= 11 is 0. The molecule has 3 N–H and O–H groups in total. The fourth-order valence-corrected chi connectivity index (χ4v) is 3.20. The van der Waals surface area contributed by atoms with Crippen LogP contribution in [0.5, 0.6) is 0 Å². The van der Waals surface area contributed by atoms with Crippen LogP contribution in [0.25, 0.3) is 22.2 Å². The average Bonchev–Trinajstić information content (AvgIpc) is 3.03. The molecule has 6 nitrogen and oxygen atoms in total. The molecule has 26 heavy (non-hydrogen) atoms. The number of likely N-dealkylation sites (tertiary alicyclic amines) is 1. The van der Waals surface area contributed by atoms with Gasteiger partial charge in [0.2, 0.25) is 5.95 Å². The van der Waals surface area contributed by atoms with E-state index in [9.17, 15) is 4.39 Å². The smallest absolute Gasteiger partial charge is 0.240 e. The van der Waals surface area contributed by atoms with Gasteiger partial charge in [-0.1, -0.05) is 19.4 Å². The minimum atomic E-state index is -0.269. The first kappa shape index (κ1) is 18.3. The normalized spacial score (nSPS) is 14.9. The molecule has 1 aliphatic heterocycles. The predicted octanol–water partition coefficient (Wildman–Crippen LogP) is 3.54. The lowest BCUT2D eigenvalue weighted by atomic mass is 10.1. The third-order valence-corrected chi connectivity index (χ3v) is 4.68. The van der Waals surface area contributed by atoms with Crippen LogP contribution in [0, 0.1) is 12.7 Å². The van der Waals surface area contributed by atoms with E-state index in [2.05, 4.69) is 32.0 Å². The molecule has 1 aromatic carbocycles. The Bertz CT molecular complexity index is 870. The number of aromatic nitrogens is 4. The summed E-state index contributed by atoms with van der Waals surface area (Å²) in [5.41, 5.74) is 8.32. The number of benzene rings is 1. The van der Waals surface area contributed by atoms with E-state index in [4.69, 9.17) is 5.73 Å². The average molecular weight is 356 g/mol. The highest BCUT2D eigenvalue weighted by Gasteiger charge is 2.09. The van der Waals surface area contributed by atoms with E-state index in [1.807, 2.05) is 6.07 Å². The van der Waals surface area contributed by atoms with Gasteiger partial charge in [-0.3, -0.25) is 0 Å². The summed E-state index contributed by atoms with van der Waals surface area (Å²) < 4.78 is 13.3. The van der Waals surface area contributed by atoms with Crippen molar-refractivity contribution in [3.8, 4) is 11.3 Å². The van der Waals surface area contributed by atoms with Gasteiger partial charge in [0, 0.05) is 22.7 Å². The van der Waals surface area contributed by atoms with Crippen LogP contribution >= 0.6 is 0 Å². The fraction of sp³-hybridized carbons (Fsp3) is 0.421. The Morgan fingerprint density at radius 1 is 1.19 bits per heavy atom. The molecule has 2 aromatic heterocycles. The number of nitrogens with two attached hydrogens (primary N) is 1. The molecule has 0 saturated carbocycles. The van der Waals surface area contributed by atoms with E-state index in [1.165, 1.54) is 45.1 Å². The monoisotopic (exact) mass is 356 g/mol. The van der Waals surface area contributed by atoms with Crippen molar-refractivity contribution in [2.24, 2.45) is 0 Å². The Morgan fingerprint density at radius 2 is 1.96 bits per heavy atom. The van der Waals surface area contributed by atoms with Crippen molar-refractivity contribution in [1.29, 1.82) is 0 Å². The van der Waals surface area contributed by atoms with Crippen LogP contribution in [0.2, 0.25) is 0 Å². The molecule has 0 bridgehead atoms. The number of piperidine rings is 1. The van der Waals surface area contributed by atoms with E-state index in [0.29, 0.717) is 22.3 Å². The summed E-state index contributed by atoms with van der Waals surface area (Å²) in [6.07, 6.45) is 5.63. The number of nitrogen functional groups attached to an aromatic ring is 1. The van der Waals surface area contributed by atoms with Gasteiger partial charge in [-0.25, -0.2) is 9.37 Å². The van der Waals surface area contributed by atoms with E-state index in [-0.39, 0.29) is 11.8 Å². The molecule has 0 radical (unpaired) electrons. The lowest BCUT2D eigenvalue weighted by molar-refractivity contribution is 0.240. The molecule has 0 atom stereocenters. The summed E-state index contributed by atoms with van der Waals surface area (Å²) in [5.74, 6) is -0.127. The number of nitrogens with zero attached hydrogens (tertiary/aromatic N) is 4. The van der Waals surface area contributed by atoms with Crippen LogP contribution < -0.4 is 5.73 Å². The van der Waals surface area contributed by atoms with Crippen molar-refractivity contribution in [1.82, 2.24) is 25.1 Å². The molecule has 3 aromatic rings. The minimum absolute atomic E-state index is 0.142. The summed E-state index contributed by atoms with van der Waals surface area (Å²) in [7, 11) is 0.